The number of anilines is 2. The van der Waals surface area contributed by atoms with Crippen molar-refractivity contribution in [3.63, 3.8) is 0 Å². The van der Waals surface area contributed by atoms with Crippen LogP contribution in [0.15, 0.2) is 53.0 Å². The molecule has 0 spiro atoms. The highest BCUT2D eigenvalue weighted by Gasteiger charge is 2.35. The number of para-hydroxylation sites is 1. The van der Waals surface area contributed by atoms with Crippen molar-refractivity contribution < 1.29 is 9.59 Å². The molecule has 0 aliphatic carbocycles. The highest BCUT2D eigenvalue weighted by Crippen LogP contribution is 2.27. The second-order valence-electron chi connectivity index (χ2n) is 5.89. The van der Waals surface area contributed by atoms with E-state index in [1.165, 1.54) is 0 Å². The summed E-state index contributed by atoms with van der Waals surface area (Å²) in [6.45, 7) is 2.47. The first-order chi connectivity index (χ1) is 11.6. The molecule has 1 aliphatic heterocycles. The number of carbonyl (C=O) groups excluding carboxylic acids is 2. The lowest BCUT2D eigenvalue weighted by Gasteiger charge is -2.17. The third-order valence-corrected chi connectivity index (χ3v) is 4.76. The Morgan fingerprint density at radius 3 is 2.71 bits per heavy atom. The Bertz CT molecular complexity index is 761. The summed E-state index contributed by atoms with van der Waals surface area (Å²) >= 11 is 3.45. The maximum absolute atomic E-state index is 12.6. The molecule has 1 heterocycles. The molecule has 124 valence electrons. The van der Waals surface area contributed by atoms with Gasteiger partial charge in [0.15, 0.2) is 0 Å². The number of nitrogens with zero attached hydrogens (tertiary/aromatic N) is 1. The molecule has 1 atom stereocenters. The molecule has 1 N–H and O–H groups in total. The van der Waals surface area contributed by atoms with E-state index in [1.807, 2.05) is 55.5 Å². The van der Waals surface area contributed by atoms with Gasteiger partial charge in [0, 0.05) is 28.8 Å². The van der Waals surface area contributed by atoms with Gasteiger partial charge in [-0.25, -0.2) is 0 Å². The maximum atomic E-state index is 12.6. The van der Waals surface area contributed by atoms with Crippen LogP contribution in [0.1, 0.15) is 18.9 Å². The molecule has 4 nitrogen and oxygen atoms in total. The summed E-state index contributed by atoms with van der Waals surface area (Å²) in [5.41, 5.74) is 2.73. The zero-order valence-corrected chi connectivity index (χ0v) is 15.0. The molecule has 1 aliphatic rings. The monoisotopic (exact) mass is 386 g/mol. The van der Waals surface area contributed by atoms with E-state index in [-0.39, 0.29) is 24.2 Å². The number of nitrogens with one attached hydrogen (secondary N) is 1. The molecular weight excluding hydrogens is 368 g/mol. The number of hydrogen-bond acceptors (Lipinski definition) is 2. The molecule has 1 fully saturated rings. The first-order valence-corrected chi connectivity index (χ1v) is 8.82. The van der Waals surface area contributed by atoms with Gasteiger partial charge in [-0.1, -0.05) is 41.1 Å². The van der Waals surface area contributed by atoms with E-state index in [1.54, 1.807) is 4.90 Å². The van der Waals surface area contributed by atoms with Crippen LogP contribution in [0, 0.1) is 5.92 Å². The topological polar surface area (TPSA) is 49.4 Å². The molecule has 3 rings (SSSR count). The number of hydrogen-bond donors (Lipinski definition) is 1. The zero-order valence-electron chi connectivity index (χ0n) is 13.5. The second kappa shape index (κ2) is 7.18. The van der Waals surface area contributed by atoms with E-state index in [4.69, 9.17) is 0 Å². The summed E-state index contributed by atoms with van der Waals surface area (Å²) in [6, 6.07) is 15.3. The van der Waals surface area contributed by atoms with E-state index in [0.29, 0.717) is 6.54 Å². The first kappa shape index (κ1) is 16.7. The quantitative estimate of drug-likeness (QED) is 0.862. The summed E-state index contributed by atoms with van der Waals surface area (Å²) in [5, 5.41) is 2.98. The van der Waals surface area contributed by atoms with Crippen LogP contribution in [-0.4, -0.2) is 18.4 Å². The lowest BCUT2D eigenvalue weighted by Crippen LogP contribution is -2.28. The van der Waals surface area contributed by atoms with Crippen LogP contribution in [-0.2, 0) is 16.0 Å². The molecule has 2 amide bonds. The number of amides is 2. The molecular formula is C19H19BrN2O2. The van der Waals surface area contributed by atoms with E-state index < -0.39 is 0 Å². The minimum Gasteiger partial charge on any atom is -0.326 e. The van der Waals surface area contributed by atoms with E-state index >= 15 is 0 Å². The van der Waals surface area contributed by atoms with Gasteiger partial charge in [0.05, 0.1) is 5.92 Å². The lowest BCUT2D eigenvalue weighted by molar-refractivity contribution is -0.122. The highest BCUT2D eigenvalue weighted by atomic mass is 79.9. The van der Waals surface area contributed by atoms with Crippen LogP contribution in [0.25, 0.3) is 0 Å². The normalized spacial score (nSPS) is 17.2. The minimum atomic E-state index is -0.328. The maximum Gasteiger partial charge on any atom is 0.229 e. The van der Waals surface area contributed by atoms with Gasteiger partial charge in [-0.3, -0.25) is 9.59 Å². The number of carbonyl (C=O) groups is 2. The molecule has 0 bridgehead atoms. The molecule has 24 heavy (non-hydrogen) atoms. The van der Waals surface area contributed by atoms with Gasteiger partial charge in [0.1, 0.15) is 0 Å². The molecule has 2 aromatic rings. The van der Waals surface area contributed by atoms with Crippen LogP contribution in [0.4, 0.5) is 11.4 Å². The van der Waals surface area contributed by atoms with Crippen LogP contribution < -0.4 is 10.2 Å². The Labute approximate surface area is 150 Å². The number of halogens is 1. The summed E-state index contributed by atoms with van der Waals surface area (Å²) in [4.78, 5) is 26.5. The molecule has 0 unspecified atom stereocenters. The Kier molecular flexibility index (Phi) is 5.00. The summed E-state index contributed by atoms with van der Waals surface area (Å²) in [5.74, 6) is -0.433. The zero-order chi connectivity index (χ0) is 17.1. The van der Waals surface area contributed by atoms with Gasteiger partial charge in [-0.05, 0) is 42.3 Å². The molecule has 0 radical (unpaired) electrons. The number of aryl methyl sites for hydroxylation is 1. The van der Waals surface area contributed by atoms with Crippen LogP contribution in [0.5, 0.6) is 0 Å². The fraction of sp³-hybridized carbons (Fsp3) is 0.263. The van der Waals surface area contributed by atoms with Gasteiger partial charge in [-0.2, -0.15) is 0 Å². The third kappa shape index (κ3) is 3.51. The SMILES string of the molecule is CCc1cc(Br)ccc1NC(=O)[C@@H]1CC(=O)N(c2ccccc2)C1. The van der Waals surface area contributed by atoms with Gasteiger partial charge in [-0.15, -0.1) is 0 Å². The van der Waals surface area contributed by atoms with Crippen molar-refractivity contribution in [1.82, 2.24) is 0 Å². The van der Waals surface area contributed by atoms with Crippen LogP contribution >= 0.6 is 15.9 Å². The fourth-order valence-corrected chi connectivity index (χ4v) is 3.36. The average Bonchev–Trinajstić information content (AvgIpc) is 2.99. The number of rotatable bonds is 4. The molecule has 0 saturated carbocycles. The molecule has 0 aromatic heterocycles. The van der Waals surface area contributed by atoms with Crippen LogP contribution in [0.2, 0.25) is 0 Å². The second-order valence-corrected chi connectivity index (χ2v) is 6.80. The average molecular weight is 387 g/mol. The van der Waals surface area contributed by atoms with Crippen molar-refractivity contribution in [3.05, 3.63) is 58.6 Å². The predicted octanol–water partition coefficient (Wildman–Crippen LogP) is 4.00. The van der Waals surface area contributed by atoms with Crippen molar-refractivity contribution in [2.75, 3.05) is 16.8 Å². The largest absolute Gasteiger partial charge is 0.326 e. The molecule has 2 aromatic carbocycles. The molecule has 1 saturated heterocycles. The summed E-state index contributed by atoms with van der Waals surface area (Å²) in [6.07, 6.45) is 1.08. The Morgan fingerprint density at radius 2 is 2.00 bits per heavy atom. The Hall–Kier alpha value is -2.14. The minimum absolute atomic E-state index is 0.00660. The van der Waals surface area contributed by atoms with Crippen molar-refractivity contribution in [2.45, 2.75) is 19.8 Å². The molecule has 5 heteroatoms. The number of benzene rings is 2. The van der Waals surface area contributed by atoms with Gasteiger partial charge in [0.2, 0.25) is 11.8 Å². The smallest absolute Gasteiger partial charge is 0.229 e. The van der Waals surface area contributed by atoms with E-state index in [0.717, 1.165) is 27.8 Å². The van der Waals surface area contributed by atoms with Crippen molar-refractivity contribution in [1.29, 1.82) is 0 Å². The fourth-order valence-electron chi connectivity index (χ4n) is 2.95. The standard InChI is InChI=1S/C19H19BrN2O2/c1-2-13-10-15(20)8-9-17(13)21-19(24)14-11-18(23)22(12-14)16-6-4-3-5-7-16/h3-10,14H,2,11-12H2,1H3,(H,21,24)/t14-/m1/s1. The first-order valence-electron chi connectivity index (χ1n) is 8.03. The highest BCUT2D eigenvalue weighted by molar-refractivity contribution is 9.10. The van der Waals surface area contributed by atoms with Crippen molar-refractivity contribution in [2.24, 2.45) is 5.92 Å². The lowest BCUT2D eigenvalue weighted by atomic mass is 10.1. The van der Waals surface area contributed by atoms with Gasteiger partial charge in [0.25, 0.3) is 0 Å². The summed E-state index contributed by atoms with van der Waals surface area (Å²) < 4.78 is 0.989. The Morgan fingerprint density at radius 1 is 1.25 bits per heavy atom. The summed E-state index contributed by atoms with van der Waals surface area (Å²) in [7, 11) is 0. The van der Waals surface area contributed by atoms with E-state index in [2.05, 4.69) is 21.2 Å². The Balaban J connectivity index is 1.72. The third-order valence-electron chi connectivity index (χ3n) is 4.27. The van der Waals surface area contributed by atoms with Crippen molar-refractivity contribution in [3.8, 4) is 0 Å². The van der Waals surface area contributed by atoms with Crippen LogP contribution in [0.3, 0.4) is 0 Å². The predicted molar refractivity (Wildman–Crippen MR) is 99.1 cm³/mol. The van der Waals surface area contributed by atoms with Gasteiger partial charge < -0.3 is 10.2 Å². The van der Waals surface area contributed by atoms with Crippen molar-refractivity contribution >= 4 is 39.1 Å². The van der Waals surface area contributed by atoms with E-state index in [9.17, 15) is 9.59 Å². The van der Waals surface area contributed by atoms with Gasteiger partial charge >= 0.3 is 0 Å².